The highest BCUT2D eigenvalue weighted by molar-refractivity contribution is 5.97. The Morgan fingerprint density at radius 1 is 1.75 bits per heavy atom. The molecule has 16 heavy (non-hydrogen) atoms. The Bertz CT molecular complexity index is 382. The van der Waals surface area contributed by atoms with Gasteiger partial charge in [0.25, 0.3) is 5.91 Å². The first kappa shape index (κ1) is 12.5. The van der Waals surface area contributed by atoms with Crippen molar-refractivity contribution >= 4 is 11.6 Å². The molecule has 0 saturated carbocycles. The minimum atomic E-state index is -0.638. The van der Waals surface area contributed by atoms with Crippen molar-refractivity contribution in [3.8, 4) is 0 Å². The molecule has 1 atom stereocenters. The van der Waals surface area contributed by atoms with Crippen molar-refractivity contribution in [3.63, 3.8) is 0 Å². The van der Waals surface area contributed by atoms with E-state index in [0.717, 1.165) is 0 Å². The van der Waals surface area contributed by atoms with Crippen LogP contribution in [-0.2, 0) is 7.05 Å². The fourth-order valence-electron chi connectivity index (χ4n) is 1.26. The van der Waals surface area contributed by atoms with E-state index in [1.165, 1.54) is 4.68 Å². The Balaban J connectivity index is 2.84. The van der Waals surface area contributed by atoms with E-state index < -0.39 is 5.54 Å². The van der Waals surface area contributed by atoms with Gasteiger partial charge in [-0.25, -0.2) is 0 Å². The molecule has 1 aromatic heterocycles. The van der Waals surface area contributed by atoms with Gasteiger partial charge in [0.05, 0.1) is 17.8 Å². The van der Waals surface area contributed by atoms with Crippen molar-refractivity contribution in [3.05, 3.63) is 11.9 Å². The van der Waals surface area contributed by atoms with Gasteiger partial charge < -0.3 is 16.2 Å². The molecule has 0 radical (unpaired) electrons. The van der Waals surface area contributed by atoms with Crippen LogP contribution in [0.5, 0.6) is 0 Å². The highest BCUT2D eigenvalue weighted by atomic mass is 16.3. The summed E-state index contributed by atoms with van der Waals surface area (Å²) in [4.78, 5) is 11.8. The van der Waals surface area contributed by atoms with Gasteiger partial charge in [0.1, 0.15) is 0 Å². The fourth-order valence-corrected chi connectivity index (χ4v) is 1.26. The van der Waals surface area contributed by atoms with Crippen molar-refractivity contribution in [1.29, 1.82) is 0 Å². The van der Waals surface area contributed by atoms with E-state index >= 15 is 0 Å². The molecular weight excluding hydrogens is 208 g/mol. The highest BCUT2D eigenvalue weighted by Crippen LogP contribution is 2.12. The first-order valence-electron chi connectivity index (χ1n) is 5.14. The lowest BCUT2D eigenvalue weighted by Crippen LogP contribution is -2.48. The summed E-state index contributed by atoms with van der Waals surface area (Å²) in [7, 11) is 1.69. The lowest BCUT2D eigenvalue weighted by molar-refractivity contribution is 0.0842. The number of aliphatic hydroxyl groups is 1. The zero-order valence-corrected chi connectivity index (χ0v) is 9.82. The van der Waals surface area contributed by atoms with Crippen LogP contribution in [0.4, 0.5) is 5.69 Å². The molecule has 1 rings (SSSR count). The van der Waals surface area contributed by atoms with Crippen LogP contribution in [0, 0.1) is 0 Å². The van der Waals surface area contributed by atoms with Gasteiger partial charge >= 0.3 is 0 Å². The summed E-state index contributed by atoms with van der Waals surface area (Å²) in [6.07, 6.45) is 2.19. The zero-order valence-electron chi connectivity index (χ0n) is 9.82. The number of nitrogens with zero attached hydrogens (tertiary/aromatic N) is 2. The molecule has 1 unspecified atom stereocenters. The maximum Gasteiger partial charge on any atom is 0.274 e. The summed E-state index contributed by atoms with van der Waals surface area (Å²) >= 11 is 0. The second-order valence-electron chi connectivity index (χ2n) is 4.13. The van der Waals surface area contributed by atoms with E-state index in [4.69, 9.17) is 5.73 Å². The van der Waals surface area contributed by atoms with Crippen LogP contribution in [0.15, 0.2) is 6.20 Å². The Kier molecular flexibility index (Phi) is 3.54. The standard InChI is InChI=1S/C10H18N4O2/c1-4-10(2,6-15)12-9(16)8-7(11)5-14(3)13-8/h5,15H,4,6,11H2,1-3H3,(H,12,16). The fraction of sp³-hybridized carbons (Fsp3) is 0.600. The first-order chi connectivity index (χ1) is 7.41. The zero-order chi connectivity index (χ0) is 12.3. The SMILES string of the molecule is CCC(C)(CO)NC(=O)c1nn(C)cc1N. The number of amides is 1. The molecular formula is C10H18N4O2. The number of aliphatic hydroxyl groups excluding tert-OH is 1. The number of aromatic nitrogens is 2. The number of rotatable bonds is 4. The number of hydrogen-bond donors (Lipinski definition) is 3. The molecule has 90 valence electrons. The van der Waals surface area contributed by atoms with Crippen LogP contribution in [0.2, 0.25) is 0 Å². The maximum atomic E-state index is 11.8. The molecule has 0 saturated heterocycles. The number of anilines is 1. The Hall–Kier alpha value is -1.56. The van der Waals surface area contributed by atoms with Gasteiger partial charge in [-0.1, -0.05) is 6.92 Å². The Morgan fingerprint density at radius 2 is 2.38 bits per heavy atom. The van der Waals surface area contributed by atoms with E-state index in [-0.39, 0.29) is 18.2 Å². The van der Waals surface area contributed by atoms with Crippen LogP contribution in [0.25, 0.3) is 0 Å². The summed E-state index contributed by atoms with van der Waals surface area (Å²) in [5, 5.41) is 15.9. The largest absolute Gasteiger partial charge is 0.396 e. The van der Waals surface area contributed by atoms with Gasteiger partial charge in [-0.15, -0.1) is 0 Å². The maximum absolute atomic E-state index is 11.8. The molecule has 0 aliphatic rings. The topological polar surface area (TPSA) is 93.2 Å². The number of carbonyl (C=O) groups is 1. The third-order valence-electron chi connectivity index (χ3n) is 2.62. The Labute approximate surface area is 94.4 Å². The van der Waals surface area contributed by atoms with Gasteiger partial charge in [0.2, 0.25) is 0 Å². The summed E-state index contributed by atoms with van der Waals surface area (Å²) < 4.78 is 1.48. The molecule has 0 bridgehead atoms. The van der Waals surface area contributed by atoms with Crippen molar-refractivity contribution in [2.24, 2.45) is 7.05 Å². The number of nitrogen functional groups attached to an aromatic ring is 1. The average molecular weight is 226 g/mol. The lowest BCUT2D eigenvalue weighted by atomic mass is 10.00. The minimum absolute atomic E-state index is 0.123. The molecule has 0 spiro atoms. The number of hydrogen-bond acceptors (Lipinski definition) is 4. The van der Waals surface area contributed by atoms with Gasteiger partial charge in [-0.05, 0) is 13.3 Å². The number of nitrogens with one attached hydrogen (secondary N) is 1. The van der Waals surface area contributed by atoms with Gasteiger partial charge in [0.15, 0.2) is 5.69 Å². The predicted molar refractivity (Wildman–Crippen MR) is 60.9 cm³/mol. The third-order valence-corrected chi connectivity index (χ3v) is 2.62. The van der Waals surface area contributed by atoms with Crippen LogP contribution in [0.3, 0.4) is 0 Å². The molecule has 1 aromatic rings. The summed E-state index contributed by atoms with van der Waals surface area (Å²) in [5.41, 5.74) is 5.52. The van der Waals surface area contributed by atoms with Crippen molar-refractivity contribution < 1.29 is 9.90 Å². The smallest absolute Gasteiger partial charge is 0.274 e. The van der Waals surface area contributed by atoms with Gasteiger partial charge in [0, 0.05) is 13.2 Å². The van der Waals surface area contributed by atoms with E-state index in [1.54, 1.807) is 20.2 Å². The van der Waals surface area contributed by atoms with Crippen molar-refractivity contribution in [1.82, 2.24) is 15.1 Å². The van der Waals surface area contributed by atoms with Crippen LogP contribution in [-0.4, -0.2) is 32.9 Å². The molecule has 0 fully saturated rings. The lowest BCUT2D eigenvalue weighted by Gasteiger charge is -2.26. The second kappa shape index (κ2) is 4.52. The number of nitrogens with two attached hydrogens (primary N) is 1. The monoisotopic (exact) mass is 226 g/mol. The Morgan fingerprint density at radius 3 is 2.75 bits per heavy atom. The molecule has 1 amide bonds. The molecule has 0 aromatic carbocycles. The predicted octanol–water partition coefficient (Wildman–Crippen LogP) is -0.107. The summed E-state index contributed by atoms with van der Waals surface area (Å²) in [5.74, 6) is -0.364. The van der Waals surface area contributed by atoms with Crippen molar-refractivity contribution in [2.45, 2.75) is 25.8 Å². The average Bonchev–Trinajstić information content (AvgIpc) is 2.57. The van der Waals surface area contributed by atoms with Gasteiger partial charge in [-0.2, -0.15) is 5.10 Å². The molecule has 4 N–H and O–H groups in total. The van der Waals surface area contributed by atoms with Crippen molar-refractivity contribution in [2.75, 3.05) is 12.3 Å². The van der Waals surface area contributed by atoms with E-state index in [2.05, 4.69) is 10.4 Å². The summed E-state index contributed by atoms with van der Waals surface area (Å²) in [6.45, 7) is 3.53. The highest BCUT2D eigenvalue weighted by Gasteiger charge is 2.25. The van der Waals surface area contributed by atoms with Crippen LogP contribution >= 0.6 is 0 Å². The molecule has 0 aliphatic carbocycles. The summed E-state index contributed by atoms with van der Waals surface area (Å²) in [6, 6.07) is 0. The number of carbonyl (C=O) groups excluding carboxylic acids is 1. The van der Waals surface area contributed by atoms with Crippen LogP contribution in [0.1, 0.15) is 30.8 Å². The second-order valence-corrected chi connectivity index (χ2v) is 4.13. The number of aryl methyl sites for hydroxylation is 1. The third kappa shape index (κ3) is 2.52. The minimum Gasteiger partial charge on any atom is -0.396 e. The molecule has 6 nitrogen and oxygen atoms in total. The van der Waals surface area contributed by atoms with Gasteiger partial charge in [-0.3, -0.25) is 9.48 Å². The normalized spacial score (nSPS) is 14.5. The van der Waals surface area contributed by atoms with Crippen LogP contribution < -0.4 is 11.1 Å². The quantitative estimate of drug-likeness (QED) is 0.668. The van der Waals surface area contributed by atoms with E-state index in [0.29, 0.717) is 12.1 Å². The first-order valence-corrected chi connectivity index (χ1v) is 5.14. The van der Waals surface area contributed by atoms with E-state index in [9.17, 15) is 9.90 Å². The van der Waals surface area contributed by atoms with E-state index in [1.807, 2.05) is 6.92 Å². The molecule has 0 aliphatic heterocycles. The molecule has 6 heteroatoms. The molecule has 1 heterocycles.